The monoisotopic (exact) mass is 380 g/mol. The second-order valence-corrected chi connectivity index (χ2v) is 6.82. The van der Waals surface area contributed by atoms with Crippen LogP contribution in [0.25, 0.3) is 22.4 Å². The Morgan fingerprint density at radius 1 is 1.18 bits per heavy atom. The van der Waals surface area contributed by atoms with Crippen molar-refractivity contribution >= 4 is 22.9 Å². The Kier molecular flexibility index (Phi) is 4.06. The second kappa shape index (κ2) is 6.73. The van der Waals surface area contributed by atoms with Gasteiger partial charge in [0.25, 0.3) is 0 Å². The van der Waals surface area contributed by atoms with E-state index in [9.17, 15) is 0 Å². The lowest BCUT2D eigenvalue weighted by Crippen LogP contribution is -2.41. The largest absolute Gasteiger partial charge is 0.394 e. The zero-order valence-electron chi connectivity index (χ0n) is 15.1. The molecular formula is C18H20N8O2. The standard InChI is InChI=1S/C18H20N8O2/c19-17-16-13(14-1-2-15-20-4-6-25(15)23-14)3-5-26(16)24-18(22-17)21-11-9-12(10-11)28-8-7-27/h1-6,11-12,27H,7-10H2,(H3,19,21,22,24). The Hall–Kier alpha value is -3.24. The first-order valence-corrected chi connectivity index (χ1v) is 9.16. The summed E-state index contributed by atoms with van der Waals surface area (Å²) in [5.41, 5.74) is 9.38. The lowest BCUT2D eigenvalue weighted by atomic mass is 9.89. The highest BCUT2D eigenvalue weighted by Crippen LogP contribution is 2.29. The minimum Gasteiger partial charge on any atom is -0.394 e. The van der Waals surface area contributed by atoms with Gasteiger partial charge in [0.05, 0.1) is 25.0 Å². The number of aliphatic hydroxyl groups is 1. The van der Waals surface area contributed by atoms with Crippen LogP contribution in [0.3, 0.4) is 0 Å². The Morgan fingerprint density at radius 2 is 2.07 bits per heavy atom. The van der Waals surface area contributed by atoms with Gasteiger partial charge in [-0.15, -0.1) is 5.10 Å². The van der Waals surface area contributed by atoms with Gasteiger partial charge in [0.15, 0.2) is 11.5 Å². The van der Waals surface area contributed by atoms with Crippen LogP contribution in [0.15, 0.2) is 36.8 Å². The molecule has 144 valence electrons. The molecule has 0 radical (unpaired) electrons. The molecule has 0 atom stereocenters. The molecule has 0 unspecified atom stereocenters. The van der Waals surface area contributed by atoms with Gasteiger partial charge in [0, 0.05) is 30.2 Å². The average Bonchev–Trinajstić information content (AvgIpc) is 3.29. The molecule has 4 N–H and O–H groups in total. The number of nitrogens with zero attached hydrogens (tertiary/aromatic N) is 6. The first kappa shape index (κ1) is 16.9. The number of aromatic nitrogens is 6. The maximum Gasteiger partial charge on any atom is 0.243 e. The maximum atomic E-state index is 8.81. The van der Waals surface area contributed by atoms with Crippen LogP contribution >= 0.6 is 0 Å². The van der Waals surface area contributed by atoms with E-state index >= 15 is 0 Å². The summed E-state index contributed by atoms with van der Waals surface area (Å²) in [5.74, 6) is 0.869. The Labute approximate surface area is 160 Å². The molecule has 1 fully saturated rings. The zero-order chi connectivity index (χ0) is 19.1. The summed E-state index contributed by atoms with van der Waals surface area (Å²) >= 11 is 0. The fourth-order valence-corrected chi connectivity index (χ4v) is 3.50. The maximum absolute atomic E-state index is 8.81. The summed E-state index contributed by atoms with van der Waals surface area (Å²) in [6, 6.07) is 5.98. The molecule has 0 saturated heterocycles. The van der Waals surface area contributed by atoms with Crippen LogP contribution in [0, 0.1) is 0 Å². The number of anilines is 2. The number of imidazole rings is 1. The molecule has 0 bridgehead atoms. The van der Waals surface area contributed by atoms with Gasteiger partial charge in [-0.1, -0.05) is 0 Å². The fourth-order valence-electron chi connectivity index (χ4n) is 3.50. The predicted octanol–water partition coefficient (Wildman–Crippen LogP) is 0.973. The summed E-state index contributed by atoms with van der Waals surface area (Å²) in [7, 11) is 0. The topological polar surface area (TPSA) is 128 Å². The van der Waals surface area contributed by atoms with Crippen LogP contribution in [-0.4, -0.2) is 59.7 Å². The average molecular weight is 380 g/mol. The van der Waals surface area contributed by atoms with Gasteiger partial charge in [-0.25, -0.2) is 14.0 Å². The van der Waals surface area contributed by atoms with Crippen LogP contribution in [0.2, 0.25) is 0 Å². The molecule has 10 heteroatoms. The summed E-state index contributed by atoms with van der Waals surface area (Å²) < 4.78 is 8.93. The van der Waals surface area contributed by atoms with Crippen molar-refractivity contribution in [2.45, 2.75) is 25.0 Å². The number of hydrogen-bond acceptors (Lipinski definition) is 8. The predicted molar refractivity (Wildman–Crippen MR) is 103 cm³/mol. The van der Waals surface area contributed by atoms with E-state index in [2.05, 4.69) is 25.5 Å². The SMILES string of the molecule is Nc1nc(NC2CC(OCCO)C2)nn2ccc(-c3ccc4nccn4n3)c12. The number of ether oxygens (including phenoxy) is 1. The zero-order valence-corrected chi connectivity index (χ0v) is 15.1. The van der Waals surface area contributed by atoms with E-state index in [1.54, 1.807) is 21.4 Å². The van der Waals surface area contributed by atoms with Crippen LogP contribution < -0.4 is 11.1 Å². The molecule has 4 aromatic heterocycles. The van der Waals surface area contributed by atoms with Gasteiger partial charge in [-0.2, -0.15) is 10.1 Å². The quantitative estimate of drug-likeness (QED) is 0.451. The molecule has 0 amide bonds. The number of nitrogens with two attached hydrogens (primary N) is 1. The molecule has 1 saturated carbocycles. The van der Waals surface area contributed by atoms with Crippen molar-refractivity contribution in [3.05, 3.63) is 36.8 Å². The number of nitrogens with one attached hydrogen (secondary N) is 1. The van der Waals surface area contributed by atoms with Crippen molar-refractivity contribution in [1.82, 2.24) is 29.2 Å². The Bertz CT molecular complexity index is 1130. The third-order valence-electron chi connectivity index (χ3n) is 4.94. The minimum atomic E-state index is 0.0451. The van der Waals surface area contributed by atoms with E-state index in [0.29, 0.717) is 18.4 Å². The summed E-state index contributed by atoms with van der Waals surface area (Å²) in [6.45, 7) is 0.418. The first-order chi connectivity index (χ1) is 13.7. The van der Waals surface area contributed by atoms with Gasteiger partial charge in [-0.3, -0.25) is 0 Å². The van der Waals surface area contributed by atoms with Gasteiger partial charge < -0.3 is 20.9 Å². The first-order valence-electron chi connectivity index (χ1n) is 9.16. The molecule has 0 aliphatic heterocycles. The molecule has 1 aliphatic rings. The van der Waals surface area contributed by atoms with Crippen LogP contribution in [-0.2, 0) is 4.74 Å². The van der Waals surface area contributed by atoms with Crippen molar-refractivity contribution in [2.24, 2.45) is 0 Å². The van der Waals surface area contributed by atoms with E-state index in [-0.39, 0.29) is 18.8 Å². The number of fused-ring (bicyclic) bond motifs is 2. The second-order valence-electron chi connectivity index (χ2n) is 6.82. The molecular weight excluding hydrogens is 360 g/mol. The third kappa shape index (κ3) is 2.92. The van der Waals surface area contributed by atoms with Gasteiger partial charge in [0.1, 0.15) is 5.52 Å². The number of nitrogen functional groups attached to an aromatic ring is 1. The number of rotatable bonds is 6. The van der Waals surface area contributed by atoms with Crippen molar-refractivity contribution < 1.29 is 9.84 Å². The molecule has 10 nitrogen and oxygen atoms in total. The van der Waals surface area contributed by atoms with E-state index in [1.807, 2.05) is 24.4 Å². The minimum absolute atomic E-state index is 0.0451. The summed E-state index contributed by atoms with van der Waals surface area (Å²) in [5, 5.41) is 21.2. The van der Waals surface area contributed by atoms with Crippen LogP contribution in [0.1, 0.15) is 12.8 Å². The van der Waals surface area contributed by atoms with Crippen LogP contribution in [0.4, 0.5) is 11.8 Å². The summed E-state index contributed by atoms with van der Waals surface area (Å²) in [6.07, 6.45) is 7.24. The lowest BCUT2D eigenvalue weighted by Gasteiger charge is -2.35. The Morgan fingerprint density at radius 3 is 2.93 bits per heavy atom. The molecule has 4 heterocycles. The number of aliphatic hydroxyl groups excluding tert-OH is 1. The van der Waals surface area contributed by atoms with Gasteiger partial charge >= 0.3 is 0 Å². The molecule has 0 aromatic carbocycles. The molecule has 0 spiro atoms. The normalized spacial score (nSPS) is 19.2. The Balaban J connectivity index is 1.39. The van der Waals surface area contributed by atoms with Crippen LogP contribution in [0.5, 0.6) is 0 Å². The van der Waals surface area contributed by atoms with Gasteiger partial charge in [0.2, 0.25) is 5.95 Å². The van der Waals surface area contributed by atoms with Crippen molar-refractivity contribution in [2.75, 3.05) is 24.3 Å². The van der Waals surface area contributed by atoms with Gasteiger partial charge in [-0.05, 0) is 31.0 Å². The highest BCUT2D eigenvalue weighted by molar-refractivity contribution is 5.86. The molecule has 1 aliphatic carbocycles. The third-order valence-corrected chi connectivity index (χ3v) is 4.94. The molecule has 4 aromatic rings. The van der Waals surface area contributed by atoms with Crippen molar-refractivity contribution in [1.29, 1.82) is 0 Å². The number of hydrogen-bond donors (Lipinski definition) is 3. The van der Waals surface area contributed by atoms with Crippen molar-refractivity contribution in [3.63, 3.8) is 0 Å². The highest BCUT2D eigenvalue weighted by atomic mass is 16.5. The van der Waals surface area contributed by atoms with E-state index < -0.39 is 0 Å². The van der Waals surface area contributed by atoms with E-state index in [4.69, 9.17) is 15.6 Å². The lowest BCUT2D eigenvalue weighted by molar-refractivity contribution is -0.0196. The van der Waals surface area contributed by atoms with E-state index in [1.165, 1.54) is 0 Å². The summed E-state index contributed by atoms with van der Waals surface area (Å²) in [4.78, 5) is 8.64. The van der Waals surface area contributed by atoms with Crippen molar-refractivity contribution in [3.8, 4) is 11.3 Å². The molecule has 28 heavy (non-hydrogen) atoms. The highest BCUT2D eigenvalue weighted by Gasteiger charge is 2.30. The van der Waals surface area contributed by atoms with E-state index in [0.717, 1.165) is 35.3 Å². The fraction of sp³-hybridized carbons (Fsp3) is 0.333. The molecule has 5 rings (SSSR count). The smallest absolute Gasteiger partial charge is 0.243 e.